The molecule has 8 aliphatic rings. The summed E-state index contributed by atoms with van der Waals surface area (Å²) < 4.78 is 94.2. The summed E-state index contributed by atoms with van der Waals surface area (Å²) in [5.41, 5.74) is 41.4. The van der Waals surface area contributed by atoms with Crippen LogP contribution in [-0.4, -0.2) is 161 Å². The van der Waals surface area contributed by atoms with Crippen molar-refractivity contribution in [1.29, 1.82) is 5.26 Å². The summed E-state index contributed by atoms with van der Waals surface area (Å²) in [5, 5.41) is 7.32. The molecule has 6 aromatic heterocycles. The van der Waals surface area contributed by atoms with Gasteiger partial charge in [0.15, 0.2) is 0 Å². The summed E-state index contributed by atoms with van der Waals surface area (Å²) in [5.74, 6) is 13.4. The molecule has 0 spiro atoms. The van der Waals surface area contributed by atoms with Crippen LogP contribution in [0.5, 0.6) is 0 Å². The number of pyridine rings is 6. The van der Waals surface area contributed by atoms with Crippen LogP contribution in [0.3, 0.4) is 0 Å². The Balaban J connectivity index is 0.000000176. The standard InChI is InChI=1S/C16H25BN2O4S.C11H19BO2S.C10H13BrN2O2S.C10H14N2O2S.C10H14N2S.C10H12N2S.C5H5BrN2.C2H3N/c1-15(2)16(3,4)23-17(22-15)13-9-12(10-19-14(13)18)11-5-7-24(20,21)8-6-11;1-10(2)11(3,4)14-12(13-10)9-5-7-15-8-6-9;11-9-5-8(6-13-10(9)12)7-1-3-16(14,15)4-2-7;11-10-2-1-9(7-12-10)8-3-5-15(13,14)6-4-8;2*11-10-2-1-9(7-12-10)8-3-5-13-6-4-8;6-4-1-2-5(7)8-3-4;1-2-3/h9-11H,5-8H2,1-4H3,(H2,18,19);5H,6-8H2,1-4H3;5-7H,1-4H2,(H2,12,13);1-2,7-8H,3-6H2,(H2,11,12);1-2,7-8H,3-6H2,(H2,11,12);1-3,7H,4-6H2,(H2,11,12);1-3H,(H2,7,8);1H3. The largest absolute Gasteiger partial charge is 0.498 e. The molecule has 6 aromatic rings. The van der Waals surface area contributed by atoms with Gasteiger partial charge in [0.1, 0.15) is 64.4 Å². The van der Waals surface area contributed by atoms with Crippen molar-refractivity contribution in [3.63, 3.8) is 0 Å². The van der Waals surface area contributed by atoms with Gasteiger partial charge in [-0.25, -0.2) is 55.2 Å². The quantitative estimate of drug-likeness (QED) is 0.0808. The SMILES string of the molecule is CC#N.CC1(C)OB(C2=CCSCC2)OC1(C)C.CC1(C)OB(c2cc(C3CCS(=O)(=O)CC3)cnc2N)OC1(C)C.Nc1ccc(Br)cn1.Nc1ccc(C2=CCSCC2)cn1.Nc1ccc(C2CCS(=O)(=O)CC2)cn1.Nc1ccc(C2CCSCC2)cn1.Nc1ncc(C2CCS(=O)(=O)CC2)cc1Br. The van der Waals surface area contributed by atoms with Crippen molar-refractivity contribution in [3.05, 3.63) is 152 Å². The number of nitrogens with zero attached hydrogens (tertiary/aromatic N) is 7. The molecule has 14 rings (SSSR count). The second kappa shape index (κ2) is 40.6. The summed E-state index contributed by atoms with van der Waals surface area (Å²) in [6, 6.07) is 20.9. The molecule has 6 fully saturated rings. The van der Waals surface area contributed by atoms with Crippen molar-refractivity contribution in [1.82, 2.24) is 29.9 Å². The van der Waals surface area contributed by atoms with Gasteiger partial charge in [0.25, 0.3) is 0 Å². The lowest BCUT2D eigenvalue weighted by atomic mass is 9.76. The second-order valence-electron chi connectivity index (χ2n) is 29.0. The van der Waals surface area contributed by atoms with Gasteiger partial charge in [-0.3, -0.25) is 0 Å². The molecule has 0 amide bonds. The molecule has 0 aliphatic carbocycles. The Hall–Kier alpha value is -5.50. The van der Waals surface area contributed by atoms with Crippen LogP contribution >= 0.6 is 67.1 Å². The third-order valence-electron chi connectivity index (χ3n) is 20.2. The maximum Gasteiger partial charge on any atom is 0.498 e. The maximum atomic E-state index is 11.6. The van der Waals surface area contributed by atoms with E-state index in [4.69, 9.17) is 58.3 Å². The summed E-state index contributed by atoms with van der Waals surface area (Å²) >= 11 is 12.6. The van der Waals surface area contributed by atoms with Gasteiger partial charge in [-0.1, -0.05) is 30.4 Å². The number of hydrogen-bond acceptors (Lipinski definition) is 26. The van der Waals surface area contributed by atoms with Crippen molar-refractivity contribution >= 4 is 157 Å². The van der Waals surface area contributed by atoms with E-state index >= 15 is 0 Å². The Bertz CT molecular complexity index is 4220. The van der Waals surface area contributed by atoms with Crippen LogP contribution in [0.25, 0.3) is 5.57 Å². The van der Waals surface area contributed by atoms with Gasteiger partial charge in [-0.05, 0) is 279 Å². The van der Waals surface area contributed by atoms with Crippen LogP contribution in [0.2, 0.25) is 0 Å². The lowest BCUT2D eigenvalue weighted by molar-refractivity contribution is 0.00578. The van der Waals surface area contributed by atoms with Gasteiger partial charge in [0, 0.05) is 65.5 Å². The monoisotopic (exact) mass is 1710 g/mol. The molecule has 582 valence electrons. The van der Waals surface area contributed by atoms with E-state index in [1.165, 1.54) is 64.9 Å². The fraction of sp³-hybridized carbons (Fsp3) is 0.527. The number of nitrogen functional groups attached to an aromatic ring is 6. The number of nitriles is 1. The van der Waals surface area contributed by atoms with E-state index in [-0.39, 0.29) is 53.2 Å². The molecular formula is C74H105B2Br2N13O10S6. The summed E-state index contributed by atoms with van der Waals surface area (Å²) in [7, 11) is -9.13. The zero-order valence-electron chi connectivity index (χ0n) is 62.8. The molecular weight excluding hydrogens is 1600 g/mol. The zero-order valence-corrected chi connectivity index (χ0v) is 70.9. The molecule has 23 nitrogen and oxygen atoms in total. The molecule has 107 heavy (non-hydrogen) atoms. The van der Waals surface area contributed by atoms with Crippen LogP contribution in [0.1, 0.15) is 178 Å². The Morgan fingerprint density at radius 3 is 1.20 bits per heavy atom. The number of allylic oxidation sites excluding steroid dienone is 2. The highest BCUT2D eigenvalue weighted by molar-refractivity contribution is 9.10. The second-order valence-corrected chi connectivity index (χ2v) is 41.2. The molecule has 0 aromatic carbocycles. The Morgan fingerprint density at radius 1 is 0.449 bits per heavy atom. The summed E-state index contributed by atoms with van der Waals surface area (Å²) in [6.07, 6.45) is 24.0. The van der Waals surface area contributed by atoms with Gasteiger partial charge < -0.3 is 53.0 Å². The average Bonchev–Trinajstić information content (AvgIpc) is 1.62. The molecule has 0 unspecified atom stereocenters. The predicted molar refractivity (Wildman–Crippen MR) is 452 cm³/mol. The van der Waals surface area contributed by atoms with E-state index in [2.05, 4.69) is 119 Å². The van der Waals surface area contributed by atoms with E-state index < -0.39 is 47.8 Å². The third kappa shape index (κ3) is 28.0. The number of sulfone groups is 3. The number of aromatic nitrogens is 6. The maximum absolute atomic E-state index is 11.6. The highest BCUT2D eigenvalue weighted by Gasteiger charge is 2.53. The van der Waals surface area contributed by atoms with Crippen molar-refractivity contribution in [2.45, 2.75) is 173 Å². The number of hydrogen-bond donors (Lipinski definition) is 6. The molecule has 0 atom stereocenters. The molecule has 0 bridgehead atoms. The minimum absolute atomic E-state index is 0.115. The van der Waals surface area contributed by atoms with Gasteiger partial charge >= 0.3 is 14.2 Å². The fourth-order valence-corrected chi connectivity index (χ4v) is 20.0. The first-order chi connectivity index (χ1) is 50.4. The third-order valence-corrected chi connectivity index (χ3v) is 29.3. The Labute approximate surface area is 664 Å². The number of rotatable bonds is 7. The highest BCUT2D eigenvalue weighted by Crippen LogP contribution is 2.41. The van der Waals surface area contributed by atoms with Gasteiger partial charge in [0.2, 0.25) is 0 Å². The van der Waals surface area contributed by atoms with Gasteiger partial charge in [0.05, 0.1) is 67.5 Å². The number of nitrogens with two attached hydrogens (primary N) is 6. The number of halogens is 2. The smallest absolute Gasteiger partial charge is 0.400 e. The first kappa shape index (κ1) is 88.7. The summed E-state index contributed by atoms with van der Waals surface area (Å²) in [4.78, 5) is 24.4. The Kier molecular flexibility index (Phi) is 33.7. The normalized spacial score (nSPS) is 21.0. The highest BCUT2D eigenvalue weighted by atomic mass is 79.9. The van der Waals surface area contributed by atoms with E-state index in [0.717, 1.165) is 55.4 Å². The van der Waals surface area contributed by atoms with Crippen LogP contribution in [0.15, 0.2) is 124 Å². The molecule has 33 heteroatoms. The Morgan fingerprint density at radius 2 is 0.822 bits per heavy atom. The number of thioether (sulfide) groups is 3. The van der Waals surface area contributed by atoms with E-state index in [1.807, 2.05) is 106 Å². The molecule has 14 heterocycles. The molecule has 0 saturated carbocycles. The summed E-state index contributed by atoms with van der Waals surface area (Å²) in [6.45, 7) is 17.8. The van der Waals surface area contributed by atoms with E-state index in [0.29, 0.717) is 96.8 Å². The minimum Gasteiger partial charge on any atom is -0.400 e. The predicted octanol–water partition coefficient (Wildman–Crippen LogP) is 13.0. The first-order valence-electron chi connectivity index (χ1n) is 35.8. The van der Waals surface area contributed by atoms with Crippen LogP contribution in [0, 0.1) is 11.3 Å². The minimum atomic E-state index is -2.88. The van der Waals surface area contributed by atoms with Crippen molar-refractivity contribution in [2.24, 2.45) is 0 Å². The lowest BCUT2D eigenvalue weighted by Gasteiger charge is -2.32. The fourth-order valence-electron chi connectivity index (χ4n) is 12.1. The molecule has 8 aliphatic heterocycles. The van der Waals surface area contributed by atoms with Crippen molar-refractivity contribution in [3.8, 4) is 6.07 Å². The molecule has 0 radical (unpaired) electrons. The average molecular weight is 1710 g/mol. The van der Waals surface area contributed by atoms with Gasteiger partial charge in [-0.2, -0.15) is 40.5 Å². The van der Waals surface area contributed by atoms with Crippen LogP contribution in [0.4, 0.5) is 34.9 Å². The lowest BCUT2D eigenvalue weighted by Crippen LogP contribution is -2.41. The van der Waals surface area contributed by atoms with Gasteiger partial charge in [-0.15, -0.1) is 0 Å². The van der Waals surface area contributed by atoms with Crippen LogP contribution in [-0.2, 0) is 48.1 Å². The zero-order chi connectivity index (χ0) is 78.4. The van der Waals surface area contributed by atoms with Crippen molar-refractivity contribution in [2.75, 3.05) is 103 Å². The molecule has 6 saturated heterocycles. The van der Waals surface area contributed by atoms with Crippen molar-refractivity contribution < 1.29 is 43.9 Å². The number of anilines is 6. The van der Waals surface area contributed by atoms with E-state index in [9.17, 15) is 25.3 Å². The first-order valence-corrected chi connectivity index (χ1v) is 46.3. The van der Waals surface area contributed by atoms with E-state index in [1.54, 1.807) is 43.0 Å². The topological polar surface area (TPSA) is 397 Å². The van der Waals surface area contributed by atoms with Crippen LogP contribution < -0.4 is 39.9 Å². The molecule has 12 N–H and O–H groups in total.